The van der Waals surface area contributed by atoms with E-state index in [1.165, 1.54) is 6.07 Å². The molecule has 2 aromatic carbocycles. The van der Waals surface area contributed by atoms with Crippen LogP contribution in [0.1, 0.15) is 19.5 Å². The first-order valence-corrected chi connectivity index (χ1v) is 9.69. The van der Waals surface area contributed by atoms with Crippen molar-refractivity contribution in [2.45, 2.75) is 33.4 Å². The molecule has 3 aromatic rings. The molecule has 3 rings (SSSR count). The minimum Gasteiger partial charge on any atom is -0.390 e. The van der Waals surface area contributed by atoms with Crippen LogP contribution < -0.4 is 0 Å². The van der Waals surface area contributed by atoms with E-state index in [0.717, 1.165) is 40.8 Å². The van der Waals surface area contributed by atoms with Gasteiger partial charge in [-0.2, -0.15) is 0 Å². The van der Waals surface area contributed by atoms with Crippen molar-refractivity contribution in [1.82, 2.24) is 9.47 Å². The molecule has 1 heterocycles. The fourth-order valence-electron chi connectivity index (χ4n) is 3.84. The lowest BCUT2D eigenvalue weighted by molar-refractivity contribution is -0.384. The zero-order valence-corrected chi connectivity index (χ0v) is 16.6. The van der Waals surface area contributed by atoms with Gasteiger partial charge in [0, 0.05) is 40.8 Å². The smallest absolute Gasteiger partial charge is 0.270 e. The molecule has 0 bridgehead atoms. The number of benzene rings is 2. The quantitative estimate of drug-likeness (QED) is 0.468. The third kappa shape index (κ3) is 3.93. The van der Waals surface area contributed by atoms with Gasteiger partial charge in [0.15, 0.2) is 0 Å². The van der Waals surface area contributed by atoms with Gasteiger partial charge < -0.3 is 14.6 Å². The van der Waals surface area contributed by atoms with Crippen LogP contribution in [0.2, 0.25) is 0 Å². The van der Waals surface area contributed by atoms with Crippen LogP contribution in [0, 0.1) is 17.0 Å². The fraction of sp³-hybridized carbons (Fsp3) is 0.364. The molecule has 0 aliphatic carbocycles. The minimum atomic E-state index is -0.520. The Labute approximate surface area is 165 Å². The number of hydrogen-bond acceptors (Lipinski definition) is 4. The highest BCUT2D eigenvalue weighted by Crippen LogP contribution is 2.36. The number of rotatable bonds is 8. The molecular weight excluding hydrogens is 354 g/mol. The summed E-state index contributed by atoms with van der Waals surface area (Å²) in [6, 6.07) is 14.9. The Morgan fingerprint density at radius 1 is 1.14 bits per heavy atom. The maximum atomic E-state index is 11.3. The monoisotopic (exact) mass is 381 g/mol. The normalized spacial score (nSPS) is 12.6. The Morgan fingerprint density at radius 2 is 1.82 bits per heavy atom. The van der Waals surface area contributed by atoms with Crippen LogP contribution in [0.4, 0.5) is 5.69 Å². The summed E-state index contributed by atoms with van der Waals surface area (Å²) in [5.41, 5.74) is 3.98. The van der Waals surface area contributed by atoms with E-state index in [2.05, 4.69) is 23.3 Å². The van der Waals surface area contributed by atoms with Crippen LogP contribution in [0.15, 0.2) is 48.5 Å². The lowest BCUT2D eigenvalue weighted by atomic mass is 10.0. The summed E-state index contributed by atoms with van der Waals surface area (Å²) in [5.74, 6) is 0. The van der Waals surface area contributed by atoms with Gasteiger partial charge in [-0.25, -0.2) is 0 Å². The Hall–Kier alpha value is -2.70. The van der Waals surface area contributed by atoms with E-state index in [1.54, 1.807) is 12.1 Å². The van der Waals surface area contributed by atoms with Crippen molar-refractivity contribution in [3.05, 3.63) is 64.3 Å². The molecule has 0 fully saturated rings. The van der Waals surface area contributed by atoms with Gasteiger partial charge >= 0.3 is 0 Å². The molecule has 148 valence electrons. The molecule has 0 saturated carbocycles. The fourth-order valence-corrected chi connectivity index (χ4v) is 3.84. The van der Waals surface area contributed by atoms with Crippen molar-refractivity contribution in [2.75, 3.05) is 19.6 Å². The lowest BCUT2D eigenvalue weighted by Crippen LogP contribution is -2.34. The summed E-state index contributed by atoms with van der Waals surface area (Å²) >= 11 is 0. The van der Waals surface area contributed by atoms with Gasteiger partial charge in [-0.3, -0.25) is 10.1 Å². The van der Waals surface area contributed by atoms with Gasteiger partial charge in [0.25, 0.3) is 5.69 Å². The predicted octanol–water partition coefficient (Wildman–Crippen LogP) is 4.23. The van der Waals surface area contributed by atoms with E-state index in [9.17, 15) is 15.2 Å². The van der Waals surface area contributed by atoms with E-state index in [-0.39, 0.29) is 10.6 Å². The van der Waals surface area contributed by atoms with Crippen LogP contribution >= 0.6 is 0 Å². The number of nitro groups is 1. The molecule has 0 aliphatic heterocycles. The van der Waals surface area contributed by atoms with Crippen LogP contribution in [0.5, 0.6) is 0 Å². The van der Waals surface area contributed by atoms with E-state index in [4.69, 9.17) is 0 Å². The lowest BCUT2D eigenvalue weighted by Gasteiger charge is -2.23. The van der Waals surface area contributed by atoms with Crippen molar-refractivity contribution in [2.24, 2.45) is 0 Å². The van der Waals surface area contributed by atoms with Crippen LogP contribution in [-0.4, -0.2) is 45.2 Å². The predicted molar refractivity (Wildman–Crippen MR) is 113 cm³/mol. The van der Waals surface area contributed by atoms with Crippen molar-refractivity contribution in [1.29, 1.82) is 0 Å². The molecule has 0 amide bonds. The first-order valence-electron chi connectivity index (χ1n) is 9.69. The molecule has 6 nitrogen and oxygen atoms in total. The topological polar surface area (TPSA) is 71.5 Å². The number of hydrogen-bond donors (Lipinski definition) is 1. The van der Waals surface area contributed by atoms with E-state index < -0.39 is 6.10 Å². The number of aliphatic hydroxyl groups excluding tert-OH is 1. The summed E-state index contributed by atoms with van der Waals surface area (Å²) in [5, 5.41) is 22.8. The second-order valence-electron chi connectivity index (χ2n) is 7.04. The molecular formula is C22H27N3O3. The Morgan fingerprint density at radius 3 is 2.43 bits per heavy atom. The maximum absolute atomic E-state index is 11.3. The molecule has 28 heavy (non-hydrogen) atoms. The minimum absolute atomic E-state index is 0.0746. The number of nitrogens with zero attached hydrogens (tertiary/aromatic N) is 3. The average molecular weight is 381 g/mol. The Kier molecular flexibility index (Phi) is 6.11. The van der Waals surface area contributed by atoms with Crippen molar-refractivity contribution in [3.8, 4) is 11.1 Å². The van der Waals surface area contributed by atoms with Gasteiger partial charge in [-0.1, -0.05) is 44.2 Å². The SMILES string of the molecule is CCN(CC)C[C@@H](O)Cn1c(C)c(-c2ccccc2)c2cc([N+](=O)[O-])ccc21. The number of aliphatic hydroxyl groups is 1. The first-order chi connectivity index (χ1) is 13.5. The van der Waals surface area contributed by atoms with Crippen molar-refractivity contribution >= 4 is 16.6 Å². The van der Waals surface area contributed by atoms with Gasteiger partial charge in [0.1, 0.15) is 0 Å². The number of non-ortho nitro benzene ring substituents is 1. The molecule has 0 spiro atoms. The molecule has 6 heteroatoms. The van der Waals surface area contributed by atoms with E-state index >= 15 is 0 Å². The third-order valence-corrected chi connectivity index (χ3v) is 5.34. The van der Waals surface area contributed by atoms with E-state index in [1.807, 2.05) is 37.3 Å². The summed E-state index contributed by atoms with van der Waals surface area (Å²) in [6.45, 7) is 9.00. The van der Waals surface area contributed by atoms with Gasteiger partial charge in [0.2, 0.25) is 0 Å². The molecule has 0 unspecified atom stereocenters. The molecule has 1 aromatic heterocycles. The van der Waals surface area contributed by atoms with Gasteiger partial charge in [-0.05, 0) is 31.6 Å². The summed E-state index contributed by atoms with van der Waals surface area (Å²) in [7, 11) is 0. The van der Waals surface area contributed by atoms with Gasteiger partial charge in [0.05, 0.1) is 17.6 Å². The molecule has 0 aliphatic rings. The standard InChI is InChI=1S/C22H27N3O3/c1-4-23(5-2)14-19(26)15-24-16(3)22(17-9-7-6-8-10-17)20-13-18(25(27)28)11-12-21(20)24/h6-13,19,26H,4-5,14-15H2,1-3H3/t19-/m1/s1. The van der Waals surface area contributed by atoms with E-state index in [0.29, 0.717) is 13.1 Å². The highest BCUT2D eigenvalue weighted by atomic mass is 16.6. The first kappa shape index (κ1) is 20.0. The third-order valence-electron chi connectivity index (χ3n) is 5.34. The molecule has 1 atom stereocenters. The number of aromatic nitrogens is 1. The highest BCUT2D eigenvalue weighted by molar-refractivity contribution is 5.99. The molecule has 0 radical (unpaired) electrons. The van der Waals surface area contributed by atoms with Gasteiger partial charge in [-0.15, -0.1) is 0 Å². The maximum Gasteiger partial charge on any atom is 0.270 e. The second kappa shape index (κ2) is 8.54. The average Bonchev–Trinajstić information content (AvgIpc) is 2.97. The largest absolute Gasteiger partial charge is 0.390 e. The van der Waals surface area contributed by atoms with Crippen molar-refractivity contribution < 1.29 is 10.0 Å². The zero-order chi connectivity index (χ0) is 20.3. The Balaban J connectivity index is 2.10. The number of fused-ring (bicyclic) bond motifs is 1. The molecule has 0 saturated heterocycles. The van der Waals surface area contributed by atoms with Crippen molar-refractivity contribution in [3.63, 3.8) is 0 Å². The number of likely N-dealkylation sites (N-methyl/N-ethyl adjacent to an activating group) is 1. The highest BCUT2D eigenvalue weighted by Gasteiger charge is 2.20. The zero-order valence-electron chi connectivity index (χ0n) is 16.6. The number of nitro benzene ring substituents is 1. The summed E-state index contributed by atoms with van der Waals surface area (Å²) in [4.78, 5) is 13.1. The van der Waals surface area contributed by atoms with Crippen LogP contribution in [-0.2, 0) is 6.54 Å². The molecule has 1 N–H and O–H groups in total. The summed E-state index contributed by atoms with van der Waals surface area (Å²) < 4.78 is 2.08. The van der Waals surface area contributed by atoms with Crippen LogP contribution in [0.25, 0.3) is 22.0 Å². The summed E-state index contributed by atoms with van der Waals surface area (Å²) in [6.07, 6.45) is -0.520. The van der Waals surface area contributed by atoms with Crippen LogP contribution in [0.3, 0.4) is 0 Å². The Bertz CT molecular complexity index is 962. The second-order valence-corrected chi connectivity index (χ2v) is 7.04.